The van der Waals surface area contributed by atoms with Crippen LogP contribution >= 0.6 is 0 Å². The van der Waals surface area contributed by atoms with Crippen LogP contribution in [-0.4, -0.2) is 17.4 Å². The van der Waals surface area contributed by atoms with Crippen LogP contribution in [0.3, 0.4) is 0 Å². The molecular formula is C14H16N2O2. The smallest absolute Gasteiger partial charge is 0.248 e. The van der Waals surface area contributed by atoms with Crippen molar-refractivity contribution < 1.29 is 9.59 Å². The fourth-order valence-corrected chi connectivity index (χ4v) is 2.91. The summed E-state index contributed by atoms with van der Waals surface area (Å²) in [4.78, 5) is 24.4. The largest absolute Gasteiger partial charge is 0.340 e. The maximum absolute atomic E-state index is 12.2. The summed E-state index contributed by atoms with van der Waals surface area (Å²) < 4.78 is 0. The van der Waals surface area contributed by atoms with Crippen molar-refractivity contribution in [2.45, 2.75) is 37.3 Å². The molecule has 2 fully saturated rings. The zero-order valence-electron chi connectivity index (χ0n) is 10.1. The highest BCUT2D eigenvalue weighted by molar-refractivity contribution is 6.00. The zero-order chi connectivity index (χ0) is 12.6. The van der Waals surface area contributed by atoms with Crippen molar-refractivity contribution in [2.24, 2.45) is 0 Å². The van der Waals surface area contributed by atoms with Crippen molar-refractivity contribution >= 4 is 11.8 Å². The van der Waals surface area contributed by atoms with Crippen LogP contribution < -0.4 is 10.6 Å². The molecule has 1 aliphatic heterocycles. The summed E-state index contributed by atoms with van der Waals surface area (Å²) in [7, 11) is 0. The van der Waals surface area contributed by atoms with Gasteiger partial charge in [0, 0.05) is 0 Å². The van der Waals surface area contributed by atoms with Crippen LogP contribution in [0.4, 0.5) is 0 Å². The fraction of sp³-hybridized carbons (Fsp3) is 0.429. The molecule has 0 unspecified atom stereocenters. The Morgan fingerprint density at radius 3 is 2.39 bits per heavy atom. The van der Waals surface area contributed by atoms with Gasteiger partial charge in [0.15, 0.2) is 0 Å². The van der Waals surface area contributed by atoms with E-state index in [0.717, 1.165) is 31.2 Å². The maximum atomic E-state index is 12.2. The molecule has 1 atom stereocenters. The van der Waals surface area contributed by atoms with Gasteiger partial charge < -0.3 is 10.6 Å². The molecule has 2 aliphatic rings. The lowest BCUT2D eigenvalue weighted by Crippen LogP contribution is -2.65. The molecule has 4 nitrogen and oxygen atoms in total. The van der Waals surface area contributed by atoms with E-state index in [-0.39, 0.29) is 11.8 Å². The molecule has 1 aromatic carbocycles. The van der Waals surface area contributed by atoms with Crippen LogP contribution in [0.2, 0.25) is 0 Å². The molecule has 0 aromatic heterocycles. The Morgan fingerprint density at radius 2 is 1.72 bits per heavy atom. The van der Waals surface area contributed by atoms with Crippen LogP contribution in [0.25, 0.3) is 0 Å². The highest BCUT2D eigenvalue weighted by Gasteiger charge is 2.48. The first-order valence-electron chi connectivity index (χ1n) is 6.39. The quantitative estimate of drug-likeness (QED) is 0.782. The van der Waals surface area contributed by atoms with E-state index >= 15 is 0 Å². The first kappa shape index (κ1) is 11.3. The molecule has 1 saturated heterocycles. The van der Waals surface area contributed by atoms with Crippen LogP contribution in [-0.2, 0) is 9.59 Å². The molecule has 1 spiro atoms. The Hall–Kier alpha value is -1.84. The summed E-state index contributed by atoms with van der Waals surface area (Å²) in [5, 5.41) is 5.80. The van der Waals surface area contributed by atoms with Gasteiger partial charge in [-0.1, -0.05) is 43.2 Å². The Labute approximate surface area is 106 Å². The van der Waals surface area contributed by atoms with E-state index in [1.165, 1.54) is 0 Å². The van der Waals surface area contributed by atoms with Crippen molar-refractivity contribution in [3.63, 3.8) is 0 Å². The van der Waals surface area contributed by atoms with E-state index in [2.05, 4.69) is 10.6 Å². The Bertz CT molecular complexity index is 478. The standard InChI is InChI=1S/C14H16N2O2/c17-12-11(10-6-2-1-3-7-10)15-13(18)14(16-12)8-4-5-9-14/h1-3,6-7,11H,4-5,8-9H2,(H,15,18)(H,16,17)/t11-/m1/s1. The molecule has 1 aliphatic carbocycles. The van der Waals surface area contributed by atoms with Crippen molar-refractivity contribution in [3.8, 4) is 0 Å². The second kappa shape index (κ2) is 4.12. The number of benzene rings is 1. The minimum Gasteiger partial charge on any atom is -0.340 e. The SMILES string of the molecule is O=C1NC2(CCCC2)C(=O)N[C@@H]1c1ccccc1. The maximum Gasteiger partial charge on any atom is 0.248 e. The Kier molecular flexibility index (Phi) is 2.58. The molecule has 3 rings (SSSR count). The van der Waals surface area contributed by atoms with Crippen molar-refractivity contribution in [2.75, 3.05) is 0 Å². The summed E-state index contributed by atoms with van der Waals surface area (Å²) in [6, 6.07) is 8.80. The van der Waals surface area contributed by atoms with Gasteiger partial charge in [0.25, 0.3) is 0 Å². The van der Waals surface area contributed by atoms with Crippen molar-refractivity contribution in [3.05, 3.63) is 35.9 Å². The molecule has 0 bridgehead atoms. The van der Waals surface area contributed by atoms with Gasteiger partial charge in [-0.25, -0.2) is 0 Å². The molecule has 1 saturated carbocycles. The van der Waals surface area contributed by atoms with Gasteiger partial charge in [0.1, 0.15) is 11.6 Å². The number of nitrogens with one attached hydrogen (secondary N) is 2. The number of hydrogen-bond acceptors (Lipinski definition) is 2. The predicted molar refractivity (Wildman–Crippen MR) is 66.7 cm³/mol. The third-order valence-electron chi connectivity index (χ3n) is 3.92. The molecule has 4 heteroatoms. The first-order valence-corrected chi connectivity index (χ1v) is 6.39. The second-order valence-electron chi connectivity index (χ2n) is 5.10. The van der Waals surface area contributed by atoms with Gasteiger partial charge in [-0.05, 0) is 18.4 Å². The topological polar surface area (TPSA) is 58.2 Å². The van der Waals surface area contributed by atoms with E-state index < -0.39 is 11.6 Å². The summed E-state index contributed by atoms with van der Waals surface area (Å²) in [5.41, 5.74) is 0.193. The molecule has 1 aromatic rings. The first-order chi connectivity index (χ1) is 8.71. The van der Waals surface area contributed by atoms with Crippen LogP contribution in [0.5, 0.6) is 0 Å². The average molecular weight is 244 g/mol. The normalized spacial score (nSPS) is 25.9. The summed E-state index contributed by atoms with van der Waals surface area (Å²) in [6.07, 6.45) is 3.52. The van der Waals surface area contributed by atoms with E-state index in [9.17, 15) is 9.59 Å². The van der Waals surface area contributed by atoms with Gasteiger partial charge in [-0.2, -0.15) is 0 Å². The molecule has 0 radical (unpaired) electrons. The van der Waals surface area contributed by atoms with Gasteiger partial charge in [-0.15, -0.1) is 0 Å². The molecule has 2 amide bonds. The molecule has 2 N–H and O–H groups in total. The van der Waals surface area contributed by atoms with Crippen LogP contribution in [0.15, 0.2) is 30.3 Å². The summed E-state index contributed by atoms with van der Waals surface area (Å²) >= 11 is 0. The Morgan fingerprint density at radius 1 is 1.06 bits per heavy atom. The minimum absolute atomic E-state index is 0.0338. The number of piperazine rings is 1. The van der Waals surface area contributed by atoms with Gasteiger partial charge in [0.05, 0.1) is 0 Å². The predicted octanol–water partition coefficient (Wildman–Crippen LogP) is 1.29. The monoisotopic (exact) mass is 244 g/mol. The summed E-state index contributed by atoms with van der Waals surface area (Å²) in [5.74, 6) is -0.129. The molecular weight excluding hydrogens is 228 g/mol. The van der Waals surface area contributed by atoms with Crippen LogP contribution in [0.1, 0.15) is 37.3 Å². The van der Waals surface area contributed by atoms with Gasteiger partial charge >= 0.3 is 0 Å². The van der Waals surface area contributed by atoms with E-state index in [0.29, 0.717) is 0 Å². The van der Waals surface area contributed by atoms with E-state index in [4.69, 9.17) is 0 Å². The summed E-state index contributed by atoms with van der Waals surface area (Å²) in [6.45, 7) is 0. The number of carbonyl (C=O) groups excluding carboxylic acids is 2. The van der Waals surface area contributed by atoms with E-state index in [1.54, 1.807) is 0 Å². The lowest BCUT2D eigenvalue weighted by molar-refractivity contribution is -0.141. The number of amides is 2. The van der Waals surface area contributed by atoms with Crippen molar-refractivity contribution in [1.29, 1.82) is 0 Å². The van der Waals surface area contributed by atoms with Crippen LogP contribution in [0, 0.1) is 0 Å². The lowest BCUT2D eigenvalue weighted by Gasteiger charge is -2.37. The van der Waals surface area contributed by atoms with Gasteiger partial charge in [-0.3, -0.25) is 9.59 Å². The Balaban J connectivity index is 1.86. The number of hydrogen-bond donors (Lipinski definition) is 2. The average Bonchev–Trinajstić information content (AvgIpc) is 2.84. The zero-order valence-corrected chi connectivity index (χ0v) is 10.1. The molecule has 94 valence electrons. The highest BCUT2D eigenvalue weighted by Crippen LogP contribution is 2.33. The highest BCUT2D eigenvalue weighted by atomic mass is 16.2. The fourth-order valence-electron chi connectivity index (χ4n) is 2.91. The molecule has 1 heterocycles. The van der Waals surface area contributed by atoms with E-state index in [1.807, 2.05) is 30.3 Å². The number of rotatable bonds is 1. The van der Waals surface area contributed by atoms with Crippen molar-refractivity contribution in [1.82, 2.24) is 10.6 Å². The third-order valence-corrected chi connectivity index (χ3v) is 3.92. The lowest BCUT2D eigenvalue weighted by atomic mass is 9.90. The minimum atomic E-state index is -0.637. The second-order valence-corrected chi connectivity index (χ2v) is 5.10. The number of carbonyl (C=O) groups is 2. The molecule has 18 heavy (non-hydrogen) atoms. The van der Waals surface area contributed by atoms with Gasteiger partial charge in [0.2, 0.25) is 11.8 Å². The third kappa shape index (κ3) is 1.68.